The number of nitrogens with one attached hydrogen (secondary N) is 3. The molecule has 6 nitrogen and oxygen atoms in total. The molecule has 0 unspecified atom stereocenters. The molecular formula is C15H17BrN4O2. The monoisotopic (exact) mass is 364 g/mol. The number of carbonyl (C=O) groups is 2. The molecule has 1 aromatic carbocycles. The van der Waals surface area contributed by atoms with Gasteiger partial charge in [-0.25, -0.2) is 0 Å². The standard InChI is InChI=1S/C15H17BrN4O2/c1-20-10-11(16)9-13(20)15(22)19-18-14(21)7-8-17-12-5-3-2-4-6-12/h2-6,9-10,17H,7-8H2,1H3,(H,18,21)(H,19,22). The molecule has 0 saturated carbocycles. The predicted molar refractivity (Wildman–Crippen MR) is 88.3 cm³/mol. The molecule has 2 amide bonds. The molecule has 7 heteroatoms. The molecular weight excluding hydrogens is 348 g/mol. The molecule has 3 N–H and O–H groups in total. The van der Waals surface area contributed by atoms with Gasteiger partial charge in [0.15, 0.2) is 0 Å². The van der Waals surface area contributed by atoms with Crippen LogP contribution in [-0.4, -0.2) is 22.9 Å². The van der Waals surface area contributed by atoms with E-state index >= 15 is 0 Å². The predicted octanol–water partition coefficient (Wildman–Crippen LogP) is 2.05. The second-order valence-corrected chi connectivity index (χ2v) is 5.62. The molecule has 1 heterocycles. The quantitative estimate of drug-likeness (QED) is 0.710. The smallest absolute Gasteiger partial charge is 0.286 e. The van der Waals surface area contributed by atoms with Crippen LogP contribution in [0, 0.1) is 0 Å². The number of hydrazine groups is 1. The second-order valence-electron chi connectivity index (χ2n) is 4.70. The Hall–Kier alpha value is -2.28. The number of halogens is 1. The van der Waals surface area contributed by atoms with Crippen LogP contribution < -0.4 is 16.2 Å². The van der Waals surface area contributed by atoms with E-state index in [4.69, 9.17) is 0 Å². The van der Waals surface area contributed by atoms with E-state index in [-0.39, 0.29) is 18.2 Å². The zero-order valence-corrected chi connectivity index (χ0v) is 13.7. The van der Waals surface area contributed by atoms with Crippen molar-refractivity contribution in [3.05, 3.63) is 52.8 Å². The minimum Gasteiger partial charge on any atom is -0.385 e. The number of rotatable bonds is 5. The fourth-order valence-corrected chi connectivity index (χ4v) is 2.40. The summed E-state index contributed by atoms with van der Waals surface area (Å²) in [6.07, 6.45) is 2.02. The van der Waals surface area contributed by atoms with Crippen LogP contribution in [0.25, 0.3) is 0 Å². The first kappa shape index (κ1) is 16.1. The van der Waals surface area contributed by atoms with Gasteiger partial charge in [-0.15, -0.1) is 0 Å². The van der Waals surface area contributed by atoms with Gasteiger partial charge in [0.2, 0.25) is 5.91 Å². The van der Waals surface area contributed by atoms with Gasteiger partial charge in [-0.1, -0.05) is 18.2 Å². The Bertz CT molecular complexity index is 655. The van der Waals surface area contributed by atoms with Gasteiger partial charge in [0.25, 0.3) is 5.91 Å². The van der Waals surface area contributed by atoms with Crippen LogP contribution in [0.5, 0.6) is 0 Å². The van der Waals surface area contributed by atoms with Crippen molar-refractivity contribution >= 4 is 33.4 Å². The summed E-state index contributed by atoms with van der Waals surface area (Å²) < 4.78 is 2.47. The van der Waals surface area contributed by atoms with Crippen LogP contribution in [0.4, 0.5) is 5.69 Å². The van der Waals surface area contributed by atoms with Crippen LogP contribution in [0.3, 0.4) is 0 Å². The molecule has 0 radical (unpaired) electrons. The minimum atomic E-state index is -0.363. The normalized spacial score (nSPS) is 10.1. The highest BCUT2D eigenvalue weighted by atomic mass is 79.9. The molecule has 0 aliphatic rings. The first-order chi connectivity index (χ1) is 10.6. The third-order valence-electron chi connectivity index (χ3n) is 2.97. The average molecular weight is 365 g/mol. The van der Waals surface area contributed by atoms with E-state index in [0.29, 0.717) is 12.2 Å². The Morgan fingerprint density at radius 1 is 1.18 bits per heavy atom. The Morgan fingerprint density at radius 3 is 2.55 bits per heavy atom. The molecule has 0 aliphatic carbocycles. The largest absolute Gasteiger partial charge is 0.385 e. The molecule has 0 saturated heterocycles. The van der Waals surface area contributed by atoms with Crippen molar-refractivity contribution in [3.63, 3.8) is 0 Å². The summed E-state index contributed by atoms with van der Waals surface area (Å²) in [6, 6.07) is 11.3. The summed E-state index contributed by atoms with van der Waals surface area (Å²) in [6.45, 7) is 0.488. The van der Waals surface area contributed by atoms with Gasteiger partial charge in [-0.05, 0) is 34.1 Å². The average Bonchev–Trinajstić information content (AvgIpc) is 2.84. The van der Waals surface area contributed by atoms with Gasteiger partial charge in [0, 0.05) is 36.4 Å². The molecule has 22 heavy (non-hydrogen) atoms. The first-order valence-corrected chi connectivity index (χ1v) is 7.55. The molecule has 2 aromatic rings. The number of carbonyl (C=O) groups excluding carboxylic acids is 2. The Balaban J connectivity index is 1.71. The molecule has 0 bridgehead atoms. The summed E-state index contributed by atoms with van der Waals surface area (Å²) >= 11 is 3.29. The van der Waals surface area contributed by atoms with Crippen molar-refractivity contribution in [1.29, 1.82) is 0 Å². The van der Waals surface area contributed by atoms with E-state index < -0.39 is 0 Å². The maximum atomic E-state index is 11.9. The van der Waals surface area contributed by atoms with Gasteiger partial charge in [-0.2, -0.15) is 0 Å². The highest BCUT2D eigenvalue weighted by molar-refractivity contribution is 9.10. The summed E-state index contributed by atoms with van der Waals surface area (Å²) in [7, 11) is 1.76. The molecule has 1 aromatic heterocycles. The van der Waals surface area contributed by atoms with Gasteiger partial charge in [0.1, 0.15) is 5.69 Å². The number of benzene rings is 1. The molecule has 0 atom stereocenters. The third-order valence-corrected chi connectivity index (χ3v) is 3.41. The number of hydrogen-bond donors (Lipinski definition) is 3. The second kappa shape index (κ2) is 7.65. The highest BCUT2D eigenvalue weighted by Gasteiger charge is 2.11. The maximum absolute atomic E-state index is 11.9. The van der Waals surface area contributed by atoms with E-state index in [9.17, 15) is 9.59 Å². The summed E-state index contributed by atoms with van der Waals surface area (Å²) in [5.41, 5.74) is 6.20. The number of hydrogen-bond acceptors (Lipinski definition) is 3. The lowest BCUT2D eigenvalue weighted by Gasteiger charge is -2.09. The summed E-state index contributed by atoms with van der Waals surface area (Å²) in [4.78, 5) is 23.6. The van der Waals surface area contributed by atoms with Gasteiger partial charge >= 0.3 is 0 Å². The van der Waals surface area contributed by atoms with E-state index in [2.05, 4.69) is 32.1 Å². The van der Waals surface area contributed by atoms with Crippen LogP contribution in [-0.2, 0) is 11.8 Å². The lowest BCUT2D eigenvalue weighted by molar-refractivity contribution is -0.121. The highest BCUT2D eigenvalue weighted by Crippen LogP contribution is 2.13. The van der Waals surface area contributed by atoms with E-state index in [0.717, 1.165) is 10.2 Å². The fourth-order valence-electron chi connectivity index (χ4n) is 1.88. The molecule has 0 aliphatic heterocycles. The van der Waals surface area contributed by atoms with Crippen LogP contribution in [0.1, 0.15) is 16.9 Å². The Labute approximate surface area is 137 Å². The lowest BCUT2D eigenvalue weighted by atomic mass is 10.3. The maximum Gasteiger partial charge on any atom is 0.286 e. The third kappa shape index (κ3) is 4.63. The van der Waals surface area contributed by atoms with Crippen molar-refractivity contribution < 1.29 is 9.59 Å². The SMILES string of the molecule is Cn1cc(Br)cc1C(=O)NNC(=O)CCNc1ccccc1. The van der Waals surface area contributed by atoms with E-state index in [1.807, 2.05) is 30.3 Å². The van der Waals surface area contributed by atoms with E-state index in [1.165, 1.54) is 0 Å². The van der Waals surface area contributed by atoms with Gasteiger partial charge in [0.05, 0.1) is 0 Å². The van der Waals surface area contributed by atoms with Crippen molar-refractivity contribution in [2.75, 3.05) is 11.9 Å². The fraction of sp³-hybridized carbons (Fsp3) is 0.200. The van der Waals surface area contributed by atoms with E-state index in [1.54, 1.807) is 23.9 Å². The molecule has 0 fully saturated rings. The lowest BCUT2D eigenvalue weighted by Crippen LogP contribution is -2.42. The number of amides is 2. The Kier molecular flexibility index (Phi) is 5.60. The summed E-state index contributed by atoms with van der Waals surface area (Å²) in [5.74, 6) is -0.623. The van der Waals surface area contributed by atoms with Crippen molar-refractivity contribution in [2.45, 2.75) is 6.42 Å². The van der Waals surface area contributed by atoms with Crippen LogP contribution in [0.2, 0.25) is 0 Å². The van der Waals surface area contributed by atoms with Gasteiger partial charge < -0.3 is 9.88 Å². The van der Waals surface area contributed by atoms with Crippen molar-refractivity contribution in [1.82, 2.24) is 15.4 Å². The number of aryl methyl sites for hydroxylation is 1. The van der Waals surface area contributed by atoms with Crippen LogP contribution in [0.15, 0.2) is 47.1 Å². The van der Waals surface area contributed by atoms with Crippen LogP contribution >= 0.6 is 15.9 Å². The molecule has 0 spiro atoms. The number of aromatic nitrogens is 1. The molecule has 116 valence electrons. The van der Waals surface area contributed by atoms with Gasteiger partial charge in [-0.3, -0.25) is 20.4 Å². The Morgan fingerprint density at radius 2 is 1.91 bits per heavy atom. The first-order valence-electron chi connectivity index (χ1n) is 6.76. The zero-order chi connectivity index (χ0) is 15.9. The zero-order valence-electron chi connectivity index (χ0n) is 12.1. The van der Waals surface area contributed by atoms with Crippen molar-refractivity contribution in [2.24, 2.45) is 7.05 Å². The summed E-state index contributed by atoms with van der Waals surface area (Å²) in [5, 5.41) is 3.12. The topological polar surface area (TPSA) is 75.2 Å². The molecule has 2 rings (SSSR count). The number of anilines is 1. The minimum absolute atomic E-state index is 0.256. The van der Waals surface area contributed by atoms with Crippen molar-refractivity contribution in [3.8, 4) is 0 Å². The number of nitrogens with zero attached hydrogens (tertiary/aromatic N) is 1. The number of para-hydroxylation sites is 1.